The Bertz CT molecular complexity index is 925. The van der Waals surface area contributed by atoms with Crippen LogP contribution in [0, 0.1) is 17.0 Å². The molecular weight excluding hydrogens is 330 g/mol. The lowest BCUT2D eigenvalue weighted by Crippen LogP contribution is -2.17. The smallest absolute Gasteiger partial charge is 0.273 e. The predicted octanol–water partition coefficient (Wildman–Crippen LogP) is 2.65. The van der Waals surface area contributed by atoms with Crippen molar-refractivity contribution in [2.45, 2.75) is 30.7 Å². The number of nitrogens with zero attached hydrogens (tertiary/aromatic N) is 1. The standard InChI is InChI=1S/C16H17N3O4S/c1-10-8-14(16(24(17,22)23)9-15(10)19(20)21)18-13-7-6-11-4-2-3-5-12(11)13/h2-5,8-9,13,18H,6-7H2,1H3,(H2,17,22,23)/t13-/m0/s1. The molecule has 0 aromatic heterocycles. The highest BCUT2D eigenvalue weighted by Gasteiger charge is 2.26. The van der Waals surface area contributed by atoms with E-state index in [1.165, 1.54) is 11.6 Å². The molecule has 3 N–H and O–H groups in total. The van der Waals surface area contributed by atoms with Crippen LogP contribution in [0.1, 0.15) is 29.2 Å². The molecule has 0 spiro atoms. The molecule has 0 amide bonds. The fourth-order valence-corrected chi connectivity index (χ4v) is 3.82. The monoisotopic (exact) mass is 347 g/mol. The van der Waals surface area contributed by atoms with Gasteiger partial charge in [0.2, 0.25) is 10.0 Å². The Kier molecular flexibility index (Phi) is 4.02. The Hall–Kier alpha value is -2.45. The Balaban J connectivity index is 2.05. The largest absolute Gasteiger partial charge is 0.377 e. The van der Waals surface area contributed by atoms with E-state index in [0.29, 0.717) is 11.3 Å². The molecule has 7 nitrogen and oxygen atoms in total. The number of nitro benzene ring substituents is 1. The highest BCUT2D eigenvalue weighted by molar-refractivity contribution is 7.89. The van der Waals surface area contributed by atoms with Crippen molar-refractivity contribution in [3.8, 4) is 0 Å². The van der Waals surface area contributed by atoms with Crippen LogP contribution in [0.25, 0.3) is 0 Å². The third-order valence-electron chi connectivity index (χ3n) is 4.26. The summed E-state index contributed by atoms with van der Waals surface area (Å²) in [6, 6.07) is 10.4. The fraction of sp³-hybridized carbons (Fsp3) is 0.250. The molecule has 0 unspecified atom stereocenters. The number of sulfonamides is 1. The fourth-order valence-electron chi connectivity index (χ4n) is 3.12. The van der Waals surface area contributed by atoms with Crippen molar-refractivity contribution < 1.29 is 13.3 Å². The van der Waals surface area contributed by atoms with E-state index in [0.717, 1.165) is 24.5 Å². The third-order valence-corrected chi connectivity index (χ3v) is 5.21. The first kappa shape index (κ1) is 16.4. The van der Waals surface area contributed by atoms with Crippen molar-refractivity contribution in [1.82, 2.24) is 0 Å². The van der Waals surface area contributed by atoms with Gasteiger partial charge in [-0.15, -0.1) is 0 Å². The molecule has 0 saturated heterocycles. The highest BCUT2D eigenvalue weighted by atomic mass is 32.2. The van der Waals surface area contributed by atoms with Crippen molar-refractivity contribution in [2.24, 2.45) is 5.14 Å². The van der Waals surface area contributed by atoms with Gasteiger partial charge in [0.25, 0.3) is 5.69 Å². The van der Waals surface area contributed by atoms with E-state index in [9.17, 15) is 18.5 Å². The summed E-state index contributed by atoms with van der Waals surface area (Å²) in [6.07, 6.45) is 1.71. The van der Waals surface area contributed by atoms with E-state index in [2.05, 4.69) is 5.32 Å². The molecule has 0 saturated carbocycles. The molecule has 0 aliphatic heterocycles. The molecule has 126 valence electrons. The van der Waals surface area contributed by atoms with Crippen molar-refractivity contribution in [2.75, 3.05) is 5.32 Å². The van der Waals surface area contributed by atoms with E-state index in [-0.39, 0.29) is 16.6 Å². The number of nitrogens with one attached hydrogen (secondary N) is 1. The summed E-state index contributed by atoms with van der Waals surface area (Å²) in [5, 5.41) is 19.5. The first-order chi connectivity index (χ1) is 11.3. The second kappa shape index (κ2) is 5.88. The van der Waals surface area contributed by atoms with Crippen molar-refractivity contribution in [3.05, 3.63) is 63.2 Å². The van der Waals surface area contributed by atoms with E-state index in [4.69, 9.17) is 5.14 Å². The zero-order valence-corrected chi connectivity index (χ0v) is 13.8. The van der Waals surface area contributed by atoms with Crippen LogP contribution in [0.3, 0.4) is 0 Å². The Morgan fingerprint density at radius 2 is 2.00 bits per heavy atom. The molecule has 0 bridgehead atoms. The molecule has 1 aliphatic carbocycles. The molecule has 0 heterocycles. The molecule has 0 fully saturated rings. The second-order valence-electron chi connectivity index (χ2n) is 5.87. The molecule has 24 heavy (non-hydrogen) atoms. The molecule has 1 atom stereocenters. The molecule has 2 aromatic carbocycles. The minimum absolute atomic E-state index is 0.0532. The van der Waals surface area contributed by atoms with Crippen LogP contribution in [0.2, 0.25) is 0 Å². The average molecular weight is 347 g/mol. The van der Waals surface area contributed by atoms with Crippen molar-refractivity contribution >= 4 is 21.4 Å². The normalized spacial score (nSPS) is 16.7. The quantitative estimate of drug-likeness (QED) is 0.651. The molecular formula is C16H17N3O4S. The maximum Gasteiger partial charge on any atom is 0.273 e. The number of benzene rings is 2. The van der Waals surface area contributed by atoms with Crippen LogP contribution in [0.5, 0.6) is 0 Å². The lowest BCUT2D eigenvalue weighted by Gasteiger charge is -2.18. The molecule has 1 aliphatic rings. The lowest BCUT2D eigenvalue weighted by molar-refractivity contribution is -0.385. The number of anilines is 1. The summed E-state index contributed by atoms with van der Waals surface area (Å²) in [5.41, 5.74) is 2.72. The Morgan fingerprint density at radius 1 is 1.29 bits per heavy atom. The predicted molar refractivity (Wildman–Crippen MR) is 90.3 cm³/mol. The topological polar surface area (TPSA) is 115 Å². The van der Waals surface area contributed by atoms with E-state index in [1.54, 1.807) is 6.92 Å². The summed E-state index contributed by atoms with van der Waals surface area (Å²) >= 11 is 0. The van der Waals surface area contributed by atoms with E-state index in [1.807, 2.05) is 24.3 Å². The summed E-state index contributed by atoms with van der Waals surface area (Å²) in [5.74, 6) is 0. The molecule has 2 aromatic rings. The highest BCUT2D eigenvalue weighted by Crippen LogP contribution is 2.37. The van der Waals surface area contributed by atoms with Gasteiger partial charge in [0.1, 0.15) is 4.90 Å². The van der Waals surface area contributed by atoms with Crippen LogP contribution < -0.4 is 10.5 Å². The van der Waals surface area contributed by atoms with Crippen molar-refractivity contribution in [3.63, 3.8) is 0 Å². The minimum Gasteiger partial charge on any atom is -0.377 e. The van der Waals surface area contributed by atoms with E-state index < -0.39 is 14.9 Å². The van der Waals surface area contributed by atoms with Crippen LogP contribution >= 0.6 is 0 Å². The van der Waals surface area contributed by atoms with Gasteiger partial charge in [-0.25, -0.2) is 13.6 Å². The number of nitrogens with two attached hydrogens (primary N) is 1. The number of hydrogen-bond donors (Lipinski definition) is 2. The van der Waals surface area contributed by atoms with Gasteiger partial charge in [0.15, 0.2) is 0 Å². The second-order valence-corrected chi connectivity index (χ2v) is 7.40. The number of primary sulfonamides is 1. The number of hydrogen-bond acceptors (Lipinski definition) is 5. The zero-order chi connectivity index (χ0) is 17.5. The maximum atomic E-state index is 11.9. The van der Waals surface area contributed by atoms with Crippen LogP contribution in [-0.2, 0) is 16.4 Å². The van der Waals surface area contributed by atoms with Gasteiger partial charge in [0.05, 0.1) is 16.7 Å². The molecule has 3 rings (SSSR count). The van der Waals surface area contributed by atoms with Crippen LogP contribution in [0.4, 0.5) is 11.4 Å². The zero-order valence-electron chi connectivity index (χ0n) is 13.0. The summed E-state index contributed by atoms with van der Waals surface area (Å²) in [6.45, 7) is 1.57. The number of aryl methyl sites for hydroxylation is 2. The Labute approximate surface area is 139 Å². The number of rotatable bonds is 4. The first-order valence-corrected chi connectivity index (χ1v) is 8.98. The summed E-state index contributed by atoms with van der Waals surface area (Å²) < 4.78 is 23.7. The van der Waals surface area contributed by atoms with Crippen LogP contribution in [0.15, 0.2) is 41.3 Å². The van der Waals surface area contributed by atoms with Gasteiger partial charge in [0, 0.05) is 11.6 Å². The van der Waals surface area contributed by atoms with Gasteiger partial charge in [-0.05, 0) is 37.0 Å². The lowest BCUT2D eigenvalue weighted by atomic mass is 10.1. The van der Waals surface area contributed by atoms with E-state index >= 15 is 0 Å². The van der Waals surface area contributed by atoms with Crippen LogP contribution in [-0.4, -0.2) is 13.3 Å². The van der Waals surface area contributed by atoms with Crippen molar-refractivity contribution in [1.29, 1.82) is 0 Å². The summed E-state index contributed by atoms with van der Waals surface area (Å²) in [4.78, 5) is 10.2. The number of fused-ring (bicyclic) bond motifs is 1. The first-order valence-electron chi connectivity index (χ1n) is 7.43. The van der Waals surface area contributed by atoms with Gasteiger partial charge < -0.3 is 5.32 Å². The minimum atomic E-state index is -4.09. The average Bonchev–Trinajstić information content (AvgIpc) is 2.89. The number of nitro groups is 1. The molecule has 0 radical (unpaired) electrons. The third kappa shape index (κ3) is 2.98. The molecule has 8 heteroatoms. The van der Waals surface area contributed by atoms with Gasteiger partial charge >= 0.3 is 0 Å². The Morgan fingerprint density at radius 3 is 2.67 bits per heavy atom. The SMILES string of the molecule is Cc1cc(N[C@H]2CCc3ccccc32)c(S(N)(=O)=O)cc1[N+](=O)[O-]. The van der Waals surface area contributed by atoms with Gasteiger partial charge in [-0.1, -0.05) is 24.3 Å². The van der Waals surface area contributed by atoms with Gasteiger partial charge in [-0.3, -0.25) is 10.1 Å². The summed E-state index contributed by atoms with van der Waals surface area (Å²) in [7, 11) is -4.09. The van der Waals surface area contributed by atoms with Gasteiger partial charge in [-0.2, -0.15) is 0 Å². The maximum absolute atomic E-state index is 11.9.